The molecule has 2 N–H and O–H groups in total. The third-order valence-corrected chi connectivity index (χ3v) is 2.63. The lowest BCUT2D eigenvalue weighted by molar-refractivity contribution is -0.274. The van der Waals surface area contributed by atoms with Crippen LogP contribution in [0.4, 0.5) is 13.2 Å². The monoisotopic (exact) mass is 286 g/mol. The molecule has 0 saturated heterocycles. The number of pyridine rings is 1. The van der Waals surface area contributed by atoms with Gasteiger partial charge in [-0.15, -0.1) is 13.2 Å². The Balaban J connectivity index is 2.61. The zero-order valence-corrected chi connectivity index (χ0v) is 10.6. The maximum absolute atomic E-state index is 12.2. The number of thiocarbonyl (C=S) groups is 1. The number of alkyl halides is 3. The molecule has 0 aliphatic heterocycles. The molecule has 0 aliphatic rings. The first kappa shape index (κ1) is 13.5. The lowest BCUT2D eigenvalue weighted by atomic mass is 10.1. The predicted octanol–water partition coefficient (Wildman–Crippen LogP) is 3.08. The van der Waals surface area contributed by atoms with Crippen molar-refractivity contribution in [1.82, 2.24) is 4.98 Å². The van der Waals surface area contributed by atoms with E-state index in [9.17, 15) is 13.2 Å². The molecule has 0 saturated carbocycles. The number of rotatable bonds is 2. The van der Waals surface area contributed by atoms with E-state index in [4.69, 9.17) is 18.0 Å². The molecule has 1 aromatic heterocycles. The van der Waals surface area contributed by atoms with Gasteiger partial charge in [0.1, 0.15) is 10.7 Å². The summed E-state index contributed by atoms with van der Waals surface area (Å²) in [5.41, 5.74) is 7.24. The number of benzene rings is 1. The topological polar surface area (TPSA) is 48.1 Å². The van der Waals surface area contributed by atoms with E-state index in [2.05, 4.69) is 9.72 Å². The third kappa shape index (κ3) is 3.11. The molecule has 2 aromatic rings. The first-order valence-corrected chi connectivity index (χ1v) is 5.64. The van der Waals surface area contributed by atoms with E-state index in [1.165, 1.54) is 18.2 Å². The summed E-state index contributed by atoms with van der Waals surface area (Å²) in [6, 6.07) is 5.49. The van der Waals surface area contributed by atoms with Crippen molar-refractivity contribution in [1.29, 1.82) is 0 Å². The highest BCUT2D eigenvalue weighted by Crippen LogP contribution is 2.27. The van der Waals surface area contributed by atoms with Gasteiger partial charge in [-0.05, 0) is 31.2 Å². The van der Waals surface area contributed by atoms with Gasteiger partial charge in [-0.1, -0.05) is 12.2 Å². The average molecular weight is 286 g/mol. The number of hydrogen-bond acceptors (Lipinski definition) is 3. The Bertz CT molecular complexity index is 655. The second kappa shape index (κ2) is 4.65. The normalized spacial score (nSPS) is 11.6. The van der Waals surface area contributed by atoms with Crippen LogP contribution >= 0.6 is 12.2 Å². The van der Waals surface area contributed by atoms with Crippen molar-refractivity contribution in [3.63, 3.8) is 0 Å². The van der Waals surface area contributed by atoms with Gasteiger partial charge in [0, 0.05) is 16.6 Å². The lowest BCUT2D eigenvalue weighted by Gasteiger charge is -2.11. The molecule has 0 bridgehead atoms. The van der Waals surface area contributed by atoms with E-state index in [1.807, 2.05) is 0 Å². The molecular formula is C12H9F3N2OS. The number of nitrogens with two attached hydrogens (primary N) is 1. The van der Waals surface area contributed by atoms with E-state index < -0.39 is 6.36 Å². The SMILES string of the molecule is Cc1cc(C(N)=S)c2cc(OC(F)(F)F)ccc2n1. The Morgan fingerprint density at radius 3 is 2.58 bits per heavy atom. The molecule has 1 aromatic carbocycles. The molecule has 100 valence electrons. The van der Waals surface area contributed by atoms with Gasteiger partial charge in [0.25, 0.3) is 0 Å². The maximum Gasteiger partial charge on any atom is 0.573 e. The van der Waals surface area contributed by atoms with E-state index in [0.29, 0.717) is 22.2 Å². The first-order valence-electron chi connectivity index (χ1n) is 5.23. The third-order valence-electron chi connectivity index (χ3n) is 2.41. The van der Waals surface area contributed by atoms with Gasteiger partial charge < -0.3 is 10.5 Å². The van der Waals surface area contributed by atoms with Crippen molar-refractivity contribution in [2.45, 2.75) is 13.3 Å². The molecule has 19 heavy (non-hydrogen) atoms. The number of ether oxygens (including phenoxy) is 1. The summed E-state index contributed by atoms with van der Waals surface area (Å²) in [7, 11) is 0. The molecule has 1 heterocycles. The zero-order chi connectivity index (χ0) is 14.2. The maximum atomic E-state index is 12.2. The van der Waals surface area contributed by atoms with Crippen molar-refractivity contribution in [2.24, 2.45) is 5.73 Å². The number of hydrogen-bond donors (Lipinski definition) is 1. The smallest absolute Gasteiger partial charge is 0.406 e. The number of nitrogens with zero attached hydrogens (tertiary/aromatic N) is 1. The van der Waals surface area contributed by atoms with E-state index in [0.717, 1.165) is 0 Å². The van der Waals surface area contributed by atoms with Crippen LogP contribution in [0.3, 0.4) is 0 Å². The molecule has 0 aliphatic carbocycles. The minimum Gasteiger partial charge on any atom is -0.406 e. The van der Waals surface area contributed by atoms with E-state index >= 15 is 0 Å². The summed E-state index contributed by atoms with van der Waals surface area (Å²) in [6.07, 6.45) is -4.74. The molecular weight excluding hydrogens is 277 g/mol. The Morgan fingerprint density at radius 2 is 2.00 bits per heavy atom. The molecule has 3 nitrogen and oxygen atoms in total. The van der Waals surface area contributed by atoms with Gasteiger partial charge in [0.15, 0.2) is 0 Å². The van der Waals surface area contributed by atoms with Crippen molar-refractivity contribution >= 4 is 28.1 Å². The summed E-state index contributed by atoms with van der Waals surface area (Å²) in [6.45, 7) is 1.75. The van der Waals surface area contributed by atoms with Gasteiger partial charge in [-0.3, -0.25) is 4.98 Å². The highest BCUT2D eigenvalue weighted by molar-refractivity contribution is 7.80. The molecule has 0 atom stereocenters. The number of aryl methyl sites for hydroxylation is 1. The molecule has 0 radical (unpaired) electrons. The fourth-order valence-corrected chi connectivity index (χ4v) is 1.91. The van der Waals surface area contributed by atoms with Crippen molar-refractivity contribution in [3.8, 4) is 5.75 Å². The van der Waals surface area contributed by atoms with Gasteiger partial charge in [-0.25, -0.2) is 0 Å². The zero-order valence-electron chi connectivity index (χ0n) is 9.78. The molecule has 0 fully saturated rings. The predicted molar refractivity (Wildman–Crippen MR) is 69.1 cm³/mol. The highest BCUT2D eigenvalue weighted by Gasteiger charge is 2.31. The minimum absolute atomic E-state index is 0.0969. The minimum atomic E-state index is -4.74. The van der Waals surface area contributed by atoms with Crippen LogP contribution in [-0.4, -0.2) is 16.3 Å². The van der Waals surface area contributed by atoms with Gasteiger partial charge in [0.05, 0.1) is 5.52 Å². The molecule has 0 unspecified atom stereocenters. The molecule has 7 heteroatoms. The summed E-state index contributed by atoms with van der Waals surface area (Å²) >= 11 is 4.89. The number of aromatic nitrogens is 1. The second-order valence-electron chi connectivity index (χ2n) is 3.90. The fraction of sp³-hybridized carbons (Fsp3) is 0.167. The van der Waals surface area contributed by atoms with Gasteiger partial charge in [0.2, 0.25) is 0 Å². The lowest BCUT2D eigenvalue weighted by Crippen LogP contribution is -2.17. The van der Waals surface area contributed by atoms with Crippen molar-refractivity contribution in [3.05, 3.63) is 35.5 Å². The Labute approximate surface area is 112 Å². The van der Waals surface area contributed by atoms with Crippen LogP contribution in [0.15, 0.2) is 24.3 Å². The molecule has 0 amide bonds. The average Bonchev–Trinajstić information content (AvgIpc) is 2.26. The molecule has 0 spiro atoms. The van der Waals surface area contributed by atoms with Crippen molar-refractivity contribution in [2.75, 3.05) is 0 Å². The highest BCUT2D eigenvalue weighted by atomic mass is 32.1. The summed E-state index contributed by atoms with van der Waals surface area (Å²) in [5, 5.41) is 0.430. The van der Waals surface area contributed by atoms with Crippen LogP contribution in [0.2, 0.25) is 0 Å². The molecule has 2 rings (SSSR count). The second-order valence-corrected chi connectivity index (χ2v) is 4.34. The van der Waals surface area contributed by atoms with Crippen LogP contribution in [0.5, 0.6) is 5.75 Å². The van der Waals surface area contributed by atoms with Gasteiger partial charge in [-0.2, -0.15) is 0 Å². The Hall–Kier alpha value is -1.89. The van der Waals surface area contributed by atoms with E-state index in [1.54, 1.807) is 13.0 Å². The first-order chi connectivity index (χ1) is 8.76. The summed E-state index contributed by atoms with van der Waals surface area (Å²) in [4.78, 5) is 4.30. The standard InChI is InChI=1S/C12H9F3N2OS/c1-6-4-9(11(16)19)8-5-7(18-12(13,14)15)2-3-10(8)17-6/h2-5H,1H3,(H2,16,19). The number of fused-ring (bicyclic) bond motifs is 1. The largest absolute Gasteiger partial charge is 0.573 e. The van der Waals surface area contributed by atoms with Crippen LogP contribution < -0.4 is 10.5 Å². The van der Waals surface area contributed by atoms with Crippen LogP contribution in [0, 0.1) is 6.92 Å². The Morgan fingerprint density at radius 1 is 1.32 bits per heavy atom. The summed E-state index contributed by atoms with van der Waals surface area (Å²) in [5.74, 6) is -0.330. The Kier molecular flexibility index (Phi) is 3.32. The van der Waals surface area contributed by atoms with Crippen molar-refractivity contribution < 1.29 is 17.9 Å². The quantitative estimate of drug-likeness (QED) is 0.862. The van der Waals surface area contributed by atoms with Crippen LogP contribution in [0.1, 0.15) is 11.3 Å². The van der Waals surface area contributed by atoms with Gasteiger partial charge >= 0.3 is 6.36 Å². The fourth-order valence-electron chi connectivity index (χ4n) is 1.74. The summed E-state index contributed by atoms with van der Waals surface area (Å²) < 4.78 is 40.4. The van der Waals surface area contributed by atoms with Crippen LogP contribution in [0.25, 0.3) is 10.9 Å². The van der Waals surface area contributed by atoms with Crippen LogP contribution in [-0.2, 0) is 0 Å². The number of halogens is 3. The van der Waals surface area contributed by atoms with E-state index in [-0.39, 0.29) is 10.7 Å².